The number of rotatable bonds is 3. The number of nitrogens with zero attached hydrogens (tertiary/aromatic N) is 3. The first-order chi connectivity index (χ1) is 11.1. The molecule has 0 unspecified atom stereocenters. The molecule has 1 aliphatic heterocycles. The van der Waals surface area contributed by atoms with Gasteiger partial charge in [-0.25, -0.2) is 9.97 Å². The van der Waals surface area contributed by atoms with Crippen LogP contribution < -0.4 is 5.32 Å². The number of carbonyl (C=O) groups excluding carboxylic acids is 2. The number of likely N-dealkylation sites (tertiary alicyclic amines) is 1. The Hall–Kier alpha value is -2.48. The van der Waals surface area contributed by atoms with Crippen LogP contribution in [0.15, 0.2) is 18.7 Å². The second kappa shape index (κ2) is 6.33. The van der Waals surface area contributed by atoms with E-state index in [1.807, 2.05) is 0 Å². The van der Waals surface area contributed by atoms with Crippen LogP contribution in [0.5, 0.6) is 0 Å². The van der Waals surface area contributed by atoms with Crippen LogP contribution >= 0.6 is 0 Å². The Balaban J connectivity index is 1.69. The predicted octanol–water partition coefficient (Wildman–Crippen LogP) is 0.0595. The fourth-order valence-corrected chi connectivity index (χ4v) is 2.86. The van der Waals surface area contributed by atoms with E-state index in [0.29, 0.717) is 29.7 Å². The van der Waals surface area contributed by atoms with Gasteiger partial charge in [0, 0.05) is 25.3 Å². The summed E-state index contributed by atoms with van der Waals surface area (Å²) in [5.41, 5.74) is 1.74. The van der Waals surface area contributed by atoms with Gasteiger partial charge in [0.1, 0.15) is 17.9 Å². The van der Waals surface area contributed by atoms with Crippen LogP contribution in [-0.4, -0.2) is 62.0 Å². The summed E-state index contributed by atoms with van der Waals surface area (Å²) < 4.78 is 0. The van der Waals surface area contributed by atoms with Crippen molar-refractivity contribution >= 4 is 22.8 Å². The van der Waals surface area contributed by atoms with Gasteiger partial charge in [-0.2, -0.15) is 0 Å². The summed E-state index contributed by atoms with van der Waals surface area (Å²) in [5.74, 6) is -0.532. The molecule has 0 bridgehead atoms. The zero-order chi connectivity index (χ0) is 16.4. The Morgan fingerprint density at radius 2 is 2.35 bits per heavy atom. The second-order valence-corrected chi connectivity index (χ2v) is 5.76. The van der Waals surface area contributed by atoms with E-state index in [1.54, 1.807) is 17.3 Å². The van der Waals surface area contributed by atoms with Gasteiger partial charge in [0.05, 0.1) is 17.3 Å². The molecule has 1 fully saturated rings. The number of hydrogen-bond donors (Lipinski definition) is 3. The molecular weight excluding hydrogens is 298 g/mol. The van der Waals surface area contributed by atoms with Crippen molar-refractivity contribution in [1.29, 1.82) is 0 Å². The Kier molecular flexibility index (Phi) is 4.24. The van der Waals surface area contributed by atoms with Crippen LogP contribution in [0.2, 0.25) is 0 Å². The molecule has 0 aromatic carbocycles. The molecule has 1 aliphatic rings. The lowest BCUT2D eigenvalue weighted by molar-refractivity contribution is -0.140. The molecule has 0 spiro atoms. The highest BCUT2D eigenvalue weighted by Gasteiger charge is 2.27. The Bertz CT molecular complexity index is 727. The van der Waals surface area contributed by atoms with E-state index in [9.17, 15) is 14.7 Å². The number of hydrogen-bond acceptors (Lipinski definition) is 5. The highest BCUT2D eigenvalue weighted by Crippen LogP contribution is 2.16. The zero-order valence-electron chi connectivity index (χ0n) is 12.8. The van der Waals surface area contributed by atoms with Gasteiger partial charge in [-0.05, 0) is 19.8 Å². The van der Waals surface area contributed by atoms with E-state index in [1.165, 1.54) is 13.3 Å². The molecule has 3 rings (SSSR count). The molecule has 8 heteroatoms. The van der Waals surface area contributed by atoms with E-state index < -0.39 is 6.10 Å². The lowest BCUT2D eigenvalue weighted by Crippen LogP contribution is -2.51. The zero-order valence-corrected chi connectivity index (χ0v) is 12.8. The molecule has 3 N–H and O–H groups in total. The lowest BCUT2D eigenvalue weighted by Gasteiger charge is -2.33. The Morgan fingerprint density at radius 3 is 3.13 bits per heavy atom. The number of carbonyl (C=O) groups is 2. The quantitative estimate of drug-likeness (QED) is 0.741. The molecule has 0 saturated carbocycles. The van der Waals surface area contributed by atoms with Gasteiger partial charge >= 0.3 is 0 Å². The van der Waals surface area contributed by atoms with Gasteiger partial charge in [0.15, 0.2) is 0 Å². The molecule has 0 aliphatic carbocycles. The van der Waals surface area contributed by atoms with Crippen molar-refractivity contribution in [2.75, 3.05) is 13.1 Å². The van der Waals surface area contributed by atoms with Crippen LogP contribution in [0.1, 0.15) is 30.1 Å². The van der Waals surface area contributed by atoms with Crippen molar-refractivity contribution in [1.82, 2.24) is 25.2 Å². The van der Waals surface area contributed by atoms with Crippen molar-refractivity contribution in [3.8, 4) is 0 Å². The third kappa shape index (κ3) is 3.16. The van der Waals surface area contributed by atoms with E-state index in [2.05, 4.69) is 20.3 Å². The number of aliphatic hydroxyl groups is 1. The van der Waals surface area contributed by atoms with Gasteiger partial charge in [-0.15, -0.1) is 0 Å². The highest BCUT2D eigenvalue weighted by molar-refractivity contribution is 6.05. The smallest absolute Gasteiger partial charge is 0.255 e. The SMILES string of the molecule is C[C@H](O)C(=O)N1CCC[C@H](NC(=O)c2c[nH]c3cncnc23)C1. The van der Waals surface area contributed by atoms with E-state index in [4.69, 9.17) is 0 Å². The number of aromatic nitrogens is 3. The van der Waals surface area contributed by atoms with Gasteiger partial charge in [-0.3, -0.25) is 9.59 Å². The number of nitrogens with one attached hydrogen (secondary N) is 2. The summed E-state index contributed by atoms with van der Waals surface area (Å²) >= 11 is 0. The van der Waals surface area contributed by atoms with E-state index in [-0.39, 0.29) is 17.9 Å². The Morgan fingerprint density at radius 1 is 1.52 bits per heavy atom. The molecule has 2 aromatic heterocycles. The maximum Gasteiger partial charge on any atom is 0.255 e. The minimum atomic E-state index is -1.02. The number of fused-ring (bicyclic) bond motifs is 1. The molecule has 2 aromatic rings. The molecule has 2 amide bonds. The van der Waals surface area contributed by atoms with Crippen molar-refractivity contribution < 1.29 is 14.7 Å². The molecule has 0 radical (unpaired) electrons. The minimum absolute atomic E-state index is 0.134. The van der Waals surface area contributed by atoms with Crippen molar-refractivity contribution in [2.45, 2.75) is 31.9 Å². The molecule has 122 valence electrons. The first kappa shape index (κ1) is 15.4. The standard InChI is InChI=1S/C15H19N5O3/c1-9(21)15(23)20-4-2-3-10(7-20)19-14(22)11-5-17-12-6-16-8-18-13(11)12/h5-6,8-10,17,21H,2-4,7H2,1H3,(H,19,22)/t9-,10-/m0/s1. The van der Waals surface area contributed by atoms with Crippen LogP contribution in [0.25, 0.3) is 11.0 Å². The highest BCUT2D eigenvalue weighted by atomic mass is 16.3. The normalized spacial score (nSPS) is 19.6. The fourth-order valence-electron chi connectivity index (χ4n) is 2.86. The molecule has 1 saturated heterocycles. The van der Waals surface area contributed by atoms with Crippen molar-refractivity contribution in [3.63, 3.8) is 0 Å². The third-order valence-corrected chi connectivity index (χ3v) is 4.01. The monoisotopic (exact) mass is 317 g/mol. The topological polar surface area (TPSA) is 111 Å². The minimum Gasteiger partial charge on any atom is -0.384 e. The first-order valence-electron chi connectivity index (χ1n) is 7.61. The maximum atomic E-state index is 12.5. The van der Waals surface area contributed by atoms with Crippen LogP contribution in [-0.2, 0) is 4.79 Å². The summed E-state index contributed by atoms with van der Waals surface area (Å²) in [6, 6.07) is -0.134. The summed E-state index contributed by atoms with van der Waals surface area (Å²) in [4.78, 5) is 36.9. The molecule has 2 atom stereocenters. The maximum absolute atomic E-state index is 12.5. The Labute approximate surface area is 132 Å². The number of aromatic amines is 1. The average molecular weight is 317 g/mol. The molecule has 3 heterocycles. The largest absolute Gasteiger partial charge is 0.384 e. The third-order valence-electron chi connectivity index (χ3n) is 4.01. The van der Waals surface area contributed by atoms with Crippen LogP contribution in [0, 0.1) is 0 Å². The molecular formula is C15H19N5O3. The van der Waals surface area contributed by atoms with E-state index >= 15 is 0 Å². The summed E-state index contributed by atoms with van der Waals surface area (Å²) in [7, 11) is 0. The second-order valence-electron chi connectivity index (χ2n) is 5.76. The van der Waals surface area contributed by atoms with Gasteiger partial charge in [0.25, 0.3) is 11.8 Å². The summed E-state index contributed by atoms with van der Waals surface area (Å²) in [6.07, 6.45) is 5.19. The van der Waals surface area contributed by atoms with Crippen molar-refractivity contribution in [2.24, 2.45) is 0 Å². The van der Waals surface area contributed by atoms with Crippen LogP contribution in [0.3, 0.4) is 0 Å². The first-order valence-corrected chi connectivity index (χ1v) is 7.61. The molecule has 23 heavy (non-hydrogen) atoms. The van der Waals surface area contributed by atoms with Gasteiger partial charge in [-0.1, -0.05) is 0 Å². The van der Waals surface area contributed by atoms with Gasteiger partial charge in [0.2, 0.25) is 0 Å². The number of piperidine rings is 1. The van der Waals surface area contributed by atoms with E-state index in [0.717, 1.165) is 12.8 Å². The number of aliphatic hydroxyl groups excluding tert-OH is 1. The van der Waals surface area contributed by atoms with Gasteiger partial charge < -0.3 is 20.3 Å². The van der Waals surface area contributed by atoms with Crippen molar-refractivity contribution in [3.05, 3.63) is 24.3 Å². The average Bonchev–Trinajstić information content (AvgIpc) is 2.98. The fraction of sp³-hybridized carbons (Fsp3) is 0.467. The summed E-state index contributed by atoms with van der Waals surface area (Å²) in [5, 5.41) is 12.4. The van der Waals surface area contributed by atoms with Crippen LogP contribution in [0.4, 0.5) is 0 Å². The number of H-pyrrole nitrogens is 1. The summed E-state index contributed by atoms with van der Waals surface area (Å²) in [6.45, 7) is 2.47. The predicted molar refractivity (Wildman–Crippen MR) is 82.6 cm³/mol. The molecule has 8 nitrogen and oxygen atoms in total. The lowest BCUT2D eigenvalue weighted by atomic mass is 10.0. The number of amides is 2.